The maximum Gasteiger partial charge on any atom is 0.339 e. The zero-order valence-electron chi connectivity index (χ0n) is 12.0. The molecule has 1 aromatic carbocycles. The Morgan fingerprint density at radius 1 is 1.45 bits per heavy atom. The molecule has 1 fully saturated rings. The number of rotatable bonds is 6. The molecule has 0 radical (unpaired) electrons. The molecule has 2 rings (SSSR count). The number of hydrogen-bond acceptors (Lipinski definition) is 4. The summed E-state index contributed by atoms with van der Waals surface area (Å²) < 4.78 is 10.3. The second-order valence-corrected chi connectivity index (χ2v) is 5.18. The molecule has 0 spiro atoms. The van der Waals surface area contributed by atoms with E-state index in [1.807, 2.05) is 6.07 Å². The van der Waals surface area contributed by atoms with Gasteiger partial charge < -0.3 is 14.6 Å². The molecule has 5 nitrogen and oxygen atoms in total. The summed E-state index contributed by atoms with van der Waals surface area (Å²) >= 11 is 0. The van der Waals surface area contributed by atoms with Crippen molar-refractivity contribution in [2.24, 2.45) is 5.92 Å². The van der Waals surface area contributed by atoms with Gasteiger partial charge in [0.25, 0.3) is 0 Å². The highest BCUT2D eigenvalue weighted by Crippen LogP contribution is 2.23. The summed E-state index contributed by atoms with van der Waals surface area (Å²) in [6, 6.07) is 5.35. The van der Waals surface area contributed by atoms with E-state index in [0.29, 0.717) is 11.7 Å². The second-order valence-electron chi connectivity index (χ2n) is 5.18. The molecule has 1 heterocycles. The Bertz CT molecular complexity index is 475. The number of ether oxygens (including phenoxy) is 2. The first kappa shape index (κ1) is 14.8. The van der Waals surface area contributed by atoms with Gasteiger partial charge in [-0.25, -0.2) is 4.79 Å². The third-order valence-electron chi connectivity index (χ3n) is 3.67. The van der Waals surface area contributed by atoms with Crippen molar-refractivity contribution in [2.75, 3.05) is 33.9 Å². The largest absolute Gasteiger partial charge is 0.496 e. The fraction of sp³-hybridized carbons (Fsp3) is 0.533. The van der Waals surface area contributed by atoms with E-state index in [1.54, 1.807) is 19.2 Å². The number of hydrogen-bond donors (Lipinski definition) is 1. The van der Waals surface area contributed by atoms with Crippen LogP contribution in [-0.2, 0) is 11.3 Å². The molecule has 0 aliphatic carbocycles. The number of nitrogens with zero attached hydrogens (tertiary/aromatic N) is 1. The van der Waals surface area contributed by atoms with Crippen LogP contribution in [0.4, 0.5) is 0 Å². The molecule has 1 unspecified atom stereocenters. The lowest BCUT2D eigenvalue weighted by atomic mass is 10.1. The second kappa shape index (κ2) is 6.72. The van der Waals surface area contributed by atoms with Crippen LogP contribution in [0.3, 0.4) is 0 Å². The quantitative estimate of drug-likeness (QED) is 0.861. The molecule has 1 saturated heterocycles. The van der Waals surface area contributed by atoms with Gasteiger partial charge in [0.15, 0.2) is 0 Å². The van der Waals surface area contributed by atoms with Crippen molar-refractivity contribution >= 4 is 5.97 Å². The summed E-state index contributed by atoms with van der Waals surface area (Å²) in [4.78, 5) is 13.5. The number of methoxy groups -OCH3 is 2. The van der Waals surface area contributed by atoms with Crippen LogP contribution in [0, 0.1) is 5.92 Å². The molecule has 1 aliphatic heterocycles. The van der Waals surface area contributed by atoms with Crippen LogP contribution in [0.5, 0.6) is 5.75 Å². The standard InChI is InChI=1S/C15H21NO4/c1-19-10-12-5-6-16(9-12)8-11-3-4-14(20-2)13(7-11)15(17)18/h3-4,7,12H,5-6,8-10H2,1-2H3,(H,17,18). The zero-order valence-corrected chi connectivity index (χ0v) is 12.0. The minimum atomic E-state index is -0.956. The number of carboxylic acids is 1. The van der Waals surface area contributed by atoms with Gasteiger partial charge in [-0.1, -0.05) is 6.07 Å². The van der Waals surface area contributed by atoms with Crippen LogP contribution in [0.25, 0.3) is 0 Å². The van der Waals surface area contributed by atoms with Gasteiger partial charge in [-0.15, -0.1) is 0 Å². The monoisotopic (exact) mass is 279 g/mol. The van der Waals surface area contributed by atoms with E-state index in [-0.39, 0.29) is 5.56 Å². The van der Waals surface area contributed by atoms with Crippen molar-refractivity contribution < 1.29 is 19.4 Å². The van der Waals surface area contributed by atoms with Crippen LogP contribution in [0.2, 0.25) is 0 Å². The van der Waals surface area contributed by atoms with Crippen molar-refractivity contribution in [3.8, 4) is 5.75 Å². The van der Waals surface area contributed by atoms with Crippen molar-refractivity contribution in [3.05, 3.63) is 29.3 Å². The van der Waals surface area contributed by atoms with Crippen LogP contribution >= 0.6 is 0 Å². The van der Waals surface area contributed by atoms with Crippen molar-refractivity contribution in [3.63, 3.8) is 0 Å². The predicted octanol–water partition coefficient (Wildman–Crippen LogP) is 1.86. The van der Waals surface area contributed by atoms with Crippen LogP contribution in [0.15, 0.2) is 18.2 Å². The number of benzene rings is 1. The topological polar surface area (TPSA) is 59.0 Å². The summed E-state index contributed by atoms with van der Waals surface area (Å²) in [5.74, 6) is 0.0273. The Labute approximate surface area is 119 Å². The zero-order chi connectivity index (χ0) is 14.5. The molecule has 1 N–H and O–H groups in total. The van der Waals surface area contributed by atoms with Gasteiger partial charge in [-0.05, 0) is 36.6 Å². The summed E-state index contributed by atoms with van der Waals surface area (Å²) in [6.07, 6.45) is 1.13. The SMILES string of the molecule is COCC1CCN(Cc2ccc(OC)c(C(=O)O)c2)C1. The van der Waals surface area contributed by atoms with Crippen molar-refractivity contribution in [1.82, 2.24) is 4.90 Å². The van der Waals surface area contributed by atoms with E-state index >= 15 is 0 Å². The number of carbonyl (C=O) groups is 1. The van der Waals surface area contributed by atoms with E-state index in [0.717, 1.165) is 38.2 Å². The fourth-order valence-corrected chi connectivity index (χ4v) is 2.71. The van der Waals surface area contributed by atoms with E-state index in [1.165, 1.54) is 7.11 Å². The number of likely N-dealkylation sites (tertiary alicyclic amines) is 1. The fourth-order valence-electron chi connectivity index (χ4n) is 2.71. The molecule has 110 valence electrons. The summed E-state index contributed by atoms with van der Waals surface area (Å²) in [6.45, 7) is 3.59. The van der Waals surface area contributed by atoms with Crippen LogP contribution in [-0.4, -0.2) is 49.9 Å². The third-order valence-corrected chi connectivity index (χ3v) is 3.67. The molecule has 0 aromatic heterocycles. The lowest BCUT2D eigenvalue weighted by molar-refractivity contribution is 0.0693. The summed E-state index contributed by atoms with van der Waals surface area (Å²) in [5.41, 5.74) is 1.22. The highest BCUT2D eigenvalue weighted by molar-refractivity contribution is 5.91. The Kier molecular flexibility index (Phi) is 4.98. The molecular formula is C15H21NO4. The Morgan fingerprint density at radius 3 is 2.90 bits per heavy atom. The van der Waals surface area contributed by atoms with E-state index < -0.39 is 5.97 Å². The van der Waals surface area contributed by atoms with Crippen LogP contribution < -0.4 is 4.74 Å². The van der Waals surface area contributed by atoms with Crippen LogP contribution in [0.1, 0.15) is 22.3 Å². The molecule has 1 aliphatic rings. The van der Waals surface area contributed by atoms with Crippen molar-refractivity contribution in [2.45, 2.75) is 13.0 Å². The van der Waals surface area contributed by atoms with Gasteiger partial charge in [-0.2, -0.15) is 0 Å². The maximum atomic E-state index is 11.2. The first-order valence-electron chi connectivity index (χ1n) is 6.75. The average Bonchev–Trinajstić information content (AvgIpc) is 2.86. The minimum absolute atomic E-state index is 0.220. The summed E-state index contributed by atoms with van der Waals surface area (Å²) in [7, 11) is 3.21. The lowest BCUT2D eigenvalue weighted by Crippen LogP contribution is -2.21. The Morgan fingerprint density at radius 2 is 2.25 bits per heavy atom. The van der Waals surface area contributed by atoms with E-state index in [9.17, 15) is 9.90 Å². The number of aromatic carboxylic acids is 1. The minimum Gasteiger partial charge on any atom is -0.496 e. The van der Waals surface area contributed by atoms with Gasteiger partial charge in [0, 0.05) is 20.2 Å². The molecule has 1 atom stereocenters. The third kappa shape index (κ3) is 3.49. The molecule has 20 heavy (non-hydrogen) atoms. The van der Waals surface area contributed by atoms with Gasteiger partial charge in [0.1, 0.15) is 11.3 Å². The van der Waals surface area contributed by atoms with E-state index in [4.69, 9.17) is 9.47 Å². The van der Waals surface area contributed by atoms with Gasteiger partial charge >= 0.3 is 5.97 Å². The van der Waals surface area contributed by atoms with Gasteiger partial charge in [-0.3, -0.25) is 4.90 Å². The summed E-state index contributed by atoms with van der Waals surface area (Å²) in [5, 5.41) is 9.18. The maximum absolute atomic E-state index is 11.2. The van der Waals surface area contributed by atoms with E-state index in [2.05, 4.69) is 4.90 Å². The molecule has 1 aromatic rings. The highest BCUT2D eigenvalue weighted by atomic mass is 16.5. The first-order chi connectivity index (χ1) is 9.63. The van der Waals surface area contributed by atoms with Gasteiger partial charge in [0.05, 0.1) is 13.7 Å². The van der Waals surface area contributed by atoms with Crippen molar-refractivity contribution in [1.29, 1.82) is 0 Å². The molecular weight excluding hydrogens is 258 g/mol. The Balaban J connectivity index is 2.03. The molecule has 0 bridgehead atoms. The van der Waals surface area contributed by atoms with Gasteiger partial charge in [0.2, 0.25) is 0 Å². The molecule has 5 heteroatoms. The lowest BCUT2D eigenvalue weighted by Gasteiger charge is -2.17. The normalized spacial score (nSPS) is 19.2. The Hall–Kier alpha value is -1.59. The smallest absolute Gasteiger partial charge is 0.339 e. The molecule has 0 amide bonds. The number of carboxylic acid groups (broad SMARTS) is 1. The highest BCUT2D eigenvalue weighted by Gasteiger charge is 2.22. The molecule has 0 saturated carbocycles. The first-order valence-corrected chi connectivity index (χ1v) is 6.75. The average molecular weight is 279 g/mol. The predicted molar refractivity (Wildman–Crippen MR) is 75.2 cm³/mol.